The highest BCUT2D eigenvalue weighted by Gasteiger charge is 2.55. The van der Waals surface area contributed by atoms with E-state index in [9.17, 15) is 15.3 Å². The zero-order valence-electron chi connectivity index (χ0n) is 12.5. The molecule has 0 aromatic heterocycles. The van der Waals surface area contributed by atoms with Gasteiger partial charge < -0.3 is 15.3 Å². The van der Waals surface area contributed by atoms with Crippen molar-refractivity contribution in [2.24, 2.45) is 17.3 Å². The van der Waals surface area contributed by atoms with E-state index in [0.717, 1.165) is 37.7 Å². The van der Waals surface area contributed by atoms with Gasteiger partial charge in [0.05, 0.1) is 12.2 Å². The Morgan fingerprint density at radius 3 is 2.71 bits per heavy atom. The number of phenols is 1. The zero-order chi connectivity index (χ0) is 14.8. The molecule has 3 aliphatic rings. The molecule has 3 N–H and O–H groups in total. The van der Waals surface area contributed by atoms with Gasteiger partial charge in [-0.2, -0.15) is 0 Å². The molecule has 1 aromatic carbocycles. The van der Waals surface area contributed by atoms with E-state index in [2.05, 4.69) is 6.92 Å². The van der Waals surface area contributed by atoms with Crippen LogP contribution in [-0.4, -0.2) is 21.4 Å². The molecule has 3 heteroatoms. The summed E-state index contributed by atoms with van der Waals surface area (Å²) in [5, 5.41) is 30.6. The second kappa shape index (κ2) is 4.47. The minimum absolute atomic E-state index is 0.0370. The zero-order valence-corrected chi connectivity index (χ0v) is 12.5. The van der Waals surface area contributed by atoms with Gasteiger partial charge in [-0.1, -0.05) is 13.0 Å². The van der Waals surface area contributed by atoms with Crippen LogP contribution in [0, 0.1) is 17.3 Å². The summed E-state index contributed by atoms with van der Waals surface area (Å²) in [6, 6.07) is 5.47. The highest BCUT2D eigenvalue weighted by molar-refractivity contribution is 5.41. The number of hydrogen-bond acceptors (Lipinski definition) is 3. The van der Waals surface area contributed by atoms with Gasteiger partial charge in [-0.15, -0.1) is 0 Å². The van der Waals surface area contributed by atoms with Gasteiger partial charge in [-0.25, -0.2) is 0 Å². The number of rotatable bonds is 0. The first-order chi connectivity index (χ1) is 10.0. The normalized spacial score (nSPS) is 44.8. The number of fused-ring (bicyclic) bond motifs is 5. The van der Waals surface area contributed by atoms with Crippen molar-refractivity contribution >= 4 is 0 Å². The highest BCUT2D eigenvalue weighted by Crippen LogP contribution is 2.62. The van der Waals surface area contributed by atoms with Crippen molar-refractivity contribution in [3.8, 4) is 5.75 Å². The minimum atomic E-state index is -0.478. The lowest BCUT2D eigenvalue weighted by Gasteiger charge is -2.50. The average Bonchev–Trinajstić information content (AvgIpc) is 2.76. The van der Waals surface area contributed by atoms with Crippen molar-refractivity contribution in [3.63, 3.8) is 0 Å². The smallest absolute Gasteiger partial charge is 0.115 e. The topological polar surface area (TPSA) is 60.7 Å². The molecule has 2 fully saturated rings. The van der Waals surface area contributed by atoms with E-state index in [1.54, 1.807) is 12.1 Å². The van der Waals surface area contributed by atoms with Gasteiger partial charge in [-0.3, -0.25) is 0 Å². The maximum Gasteiger partial charge on any atom is 0.115 e. The second-order valence-electron chi connectivity index (χ2n) is 7.58. The van der Waals surface area contributed by atoms with Gasteiger partial charge in [-0.05, 0) is 78.5 Å². The Morgan fingerprint density at radius 1 is 1.10 bits per heavy atom. The van der Waals surface area contributed by atoms with Crippen LogP contribution in [0.4, 0.5) is 0 Å². The lowest BCUT2D eigenvalue weighted by molar-refractivity contribution is -0.0372. The van der Waals surface area contributed by atoms with Crippen LogP contribution in [0.3, 0.4) is 0 Å². The third-order valence-corrected chi connectivity index (χ3v) is 6.71. The number of hydrogen-bond donors (Lipinski definition) is 3. The van der Waals surface area contributed by atoms with Crippen molar-refractivity contribution in [1.82, 2.24) is 0 Å². The number of aliphatic hydroxyl groups is 2. The van der Waals surface area contributed by atoms with E-state index >= 15 is 0 Å². The fraction of sp³-hybridized carbons (Fsp3) is 0.667. The summed E-state index contributed by atoms with van der Waals surface area (Å²) in [6.07, 6.45) is 4.25. The number of aromatic hydroxyl groups is 1. The van der Waals surface area contributed by atoms with E-state index in [-0.39, 0.29) is 17.3 Å². The fourth-order valence-electron chi connectivity index (χ4n) is 5.55. The van der Waals surface area contributed by atoms with Gasteiger partial charge >= 0.3 is 0 Å². The molecule has 3 nitrogen and oxygen atoms in total. The molecule has 0 aliphatic heterocycles. The molecule has 0 heterocycles. The maximum atomic E-state index is 10.5. The Labute approximate surface area is 125 Å². The van der Waals surface area contributed by atoms with Crippen LogP contribution < -0.4 is 0 Å². The van der Waals surface area contributed by atoms with Crippen molar-refractivity contribution < 1.29 is 15.3 Å². The molecule has 0 amide bonds. The summed E-state index contributed by atoms with van der Waals surface area (Å²) in [4.78, 5) is 0. The molecule has 0 unspecified atom stereocenters. The standard InChI is InChI=1S/C18H24O3/c1-18-7-6-12-11-3-2-10(19)8-14(11)16(20)9-13(12)15(18)4-5-17(18)21/h2-3,8,12-13,15-17,19-21H,4-7,9H2,1H3/t12-,13-,15+,16-,17+,18+/m1/s1. The van der Waals surface area contributed by atoms with Crippen LogP contribution in [0.1, 0.15) is 62.2 Å². The fourth-order valence-corrected chi connectivity index (χ4v) is 5.55. The first kappa shape index (κ1) is 13.6. The van der Waals surface area contributed by atoms with Crippen molar-refractivity contribution in [2.75, 3.05) is 0 Å². The molecule has 0 saturated heterocycles. The van der Waals surface area contributed by atoms with E-state index in [0.29, 0.717) is 17.8 Å². The van der Waals surface area contributed by atoms with Crippen LogP contribution in [0.2, 0.25) is 0 Å². The molecule has 2 saturated carbocycles. The molecular weight excluding hydrogens is 264 g/mol. The van der Waals surface area contributed by atoms with E-state index in [1.165, 1.54) is 5.56 Å². The molecule has 0 radical (unpaired) electrons. The van der Waals surface area contributed by atoms with E-state index in [4.69, 9.17) is 0 Å². The lowest BCUT2D eigenvalue weighted by atomic mass is 9.55. The van der Waals surface area contributed by atoms with Crippen LogP contribution >= 0.6 is 0 Å². The SMILES string of the molecule is C[C@]12CC[C@@H]3c4ccc(O)cc4[C@H](O)C[C@H]3[C@@H]1CC[C@@H]2O. The predicted molar refractivity (Wildman–Crippen MR) is 80.0 cm³/mol. The summed E-state index contributed by atoms with van der Waals surface area (Å²) in [5.41, 5.74) is 2.17. The molecule has 114 valence electrons. The molecule has 6 atom stereocenters. The number of phenolic OH excluding ortho intramolecular Hbond substituents is 1. The van der Waals surface area contributed by atoms with E-state index in [1.807, 2.05) is 6.07 Å². The third kappa shape index (κ3) is 1.80. The second-order valence-corrected chi connectivity index (χ2v) is 7.58. The van der Waals surface area contributed by atoms with Crippen LogP contribution in [-0.2, 0) is 0 Å². The van der Waals surface area contributed by atoms with Crippen molar-refractivity contribution in [1.29, 1.82) is 0 Å². The van der Waals surface area contributed by atoms with Crippen LogP contribution in [0.25, 0.3) is 0 Å². The quantitative estimate of drug-likeness (QED) is 0.687. The lowest BCUT2D eigenvalue weighted by Crippen LogP contribution is -2.44. The van der Waals surface area contributed by atoms with E-state index < -0.39 is 6.10 Å². The number of aliphatic hydroxyl groups excluding tert-OH is 2. The highest BCUT2D eigenvalue weighted by atomic mass is 16.3. The van der Waals surface area contributed by atoms with Crippen molar-refractivity contribution in [2.45, 2.75) is 57.2 Å². The minimum Gasteiger partial charge on any atom is -0.508 e. The molecule has 4 rings (SSSR count). The summed E-state index contributed by atoms with van der Waals surface area (Å²) in [7, 11) is 0. The number of benzene rings is 1. The average molecular weight is 288 g/mol. The summed E-state index contributed by atoms with van der Waals surface area (Å²) in [5.74, 6) is 1.70. The summed E-state index contributed by atoms with van der Waals surface area (Å²) >= 11 is 0. The van der Waals surface area contributed by atoms with Gasteiger partial charge in [0, 0.05) is 0 Å². The Hall–Kier alpha value is -1.06. The first-order valence-corrected chi connectivity index (χ1v) is 8.19. The van der Waals surface area contributed by atoms with Crippen LogP contribution in [0.5, 0.6) is 5.75 Å². The molecule has 1 aromatic rings. The monoisotopic (exact) mass is 288 g/mol. The van der Waals surface area contributed by atoms with Crippen LogP contribution in [0.15, 0.2) is 18.2 Å². The Bertz CT molecular complexity index is 570. The maximum absolute atomic E-state index is 10.5. The molecular formula is C18H24O3. The largest absolute Gasteiger partial charge is 0.508 e. The Morgan fingerprint density at radius 2 is 1.90 bits per heavy atom. The van der Waals surface area contributed by atoms with Gasteiger partial charge in [0.25, 0.3) is 0 Å². The third-order valence-electron chi connectivity index (χ3n) is 6.71. The predicted octanol–water partition coefficient (Wildman–Crippen LogP) is 3.10. The van der Waals surface area contributed by atoms with Gasteiger partial charge in [0.1, 0.15) is 5.75 Å². The summed E-state index contributed by atoms with van der Waals surface area (Å²) in [6.45, 7) is 2.24. The molecule has 0 spiro atoms. The Kier molecular flexibility index (Phi) is 2.89. The Balaban J connectivity index is 1.75. The first-order valence-electron chi connectivity index (χ1n) is 8.19. The van der Waals surface area contributed by atoms with Crippen molar-refractivity contribution in [3.05, 3.63) is 29.3 Å². The van der Waals surface area contributed by atoms with Gasteiger partial charge in [0.15, 0.2) is 0 Å². The molecule has 0 bridgehead atoms. The molecule has 3 aliphatic carbocycles. The molecule has 21 heavy (non-hydrogen) atoms. The van der Waals surface area contributed by atoms with Gasteiger partial charge in [0.2, 0.25) is 0 Å². The summed E-state index contributed by atoms with van der Waals surface area (Å²) < 4.78 is 0.